The molecule has 2 radical (unpaired) electrons. The van der Waals surface area contributed by atoms with Crippen LogP contribution in [0.2, 0.25) is 0 Å². The van der Waals surface area contributed by atoms with Crippen LogP contribution in [-0.4, -0.2) is 42.3 Å². The highest BCUT2D eigenvalue weighted by atomic mass is 16.6. The second kappa shape index (κ2) is 9.34. The van der Waals surface area contributed by atoms with Crippen LogP contribution in [0.3, 0.4) is 0 Å². The fourth-order valence-electron chi connectivity index (χ4n) is 1.83. The third-order valence-corrected chi connectivity index (χ3v) is 3.05. The van der Waals surface area contributed by atoms with Crippen LogP contribution >= 0.6 is 0 Å². The van der Waals surface area contributed by atoms with E-state index in [9.17, 15) is 4.79 Å². The van der Waals surface area contributed by atoms with E-state index < -0.39 is 11.7 Å². The number of hydrogen-bond acceptors (Lipinski definition) is 4. The maximum absolute atomic E-state index is 11.1. The molecule has 130 valence electrons. The number of fused-ring (bicyclic) bond motifs is 1. The topological polar surface area (TPSA) is 86.4 Å². The molecule has 1 heterocycles. The van der Waals surface area contributed by atoms with Crippen LogP contribution in [-0.2, 0) is 4.74 Å². The minimum Gasteiger partial charge on any atom is -0.444 e. The van der Waals surface area contributed by atoms with E-state index in [0.717, 1.165) is 11.0 Å². The fraction of sp³-hybridized carbons (Fsp3) is 0.471. The first-order chi connectivity index (χ1) is 11.2. The number of aromatic nitrogens is 1. The van der Waals surface area contributed by atoms with E-state index in [4.69, 9.17) is 17.8 Å². The molecule has 24 heavy (non-hydrogen) atoms. The quantitative estimate of drug-likeness (QED) is 0.511. The molecule has 7 heteroatoms. The highest BCUT2D eigenvalue weighted by Crippen LogP contribution is 2.08. The van der Waals surface area contributed by atoms with Gasteiger partial charge in [-0.2, -0.15) is 0 Å². The molecule has 0 spiro atoms. The van der Waals surface area contributed by atoms with E-state index in [0.29, 0.717) is 13.0 Å². The monoisotopic (exact) mass is 331 g/mol. The molecule has 4 N–H and O–H groups in total. The first-order valence-electron chi connectivity index (χ1n) is 7.90. The minimum atomic E-state index is -0.467. The second-order valence-corrected chi connectivity index (χ2v) is 6.57. The summed E-state index contributed by atoms with van der Waals surface area (Å²) in [6.45, 7) is 7.72. The fourth-order valence-corrected chi connectivity index (χ4v) is 1.83. The SMILES string of the molecule is CC(CCNC(=O)OC(C)(C)C)NO.[B]c1ccc2cc[nH]c2c1. The molecule has 1 aromatic heterocycles. The second-order valence-electron chi connectivity index (χ2n) is 6.57. The van der Waals surface area contributed by atoms with E-state index in [1.807, 2.05) is 58.2 Å². The minimum absolute atomic E-state index is 0.0371. The lowest BCUT2D eigenvalue weighted by Crippen LogP contribution is -2.35. The first-order valence-corrected chi connectivity index (χ1v) is 7.90. The van der Waals surface area contributed by atoms with Crippen molar-refractivity contribution in [2.45, 2.75) is 45.8 Å². The summed E-state index contributed by atoms with van der Waals surface area (Å²) in [6.07, 6.45) is 2.13. The Hall–Kier alpha value is -1.99. The Morgan fingerprint density at radius 1 is 1.38 bits per heavy atom. The van der Waals surface area contributed by atoms with Crippen molar-refractivity contribution in [2.75, 3.05) is 6.54 Å². The Labute approximate surface area is 144 Å². The smallest absolute Gasteiger partial charge is 0.407 e. The van der Waals surface area contributed by atoms with E-state index in [2.05, 4.69) is 15.8 Å². The van der Waals surface area contributed by atoms with Crippen LogP contribution in [0.25, 0.3) is 10.9 Å². The van der Waals surface area contributed by atoms with Crippen molar-refractivity contribution in [2.24, 2.45) is 0 Å². The van der Waals surface area contributed by atoms with Gasteiger partial charge in [0.25, 0.3) is 0 Å². The third-order valence-electron chi connectivity index (χ3n) is 3.05. The predicted octanol–water partition coefficient (Wildman–Crippen LogP) is 2.23. The molecule has 1 amide bonds. The summed E-state index contributed by atoms with van der Waals surface area (Å²) >= 11 is 0. The number of benzene rings is 1. The van der Waals surface area contributed by atoms with E-state index in [1.54, 1.807) is 0 Å². The highest BCUT2D eigenvalue weighted by molar-refractivity contribution is 6.33. The van der Waals surface area contributed by atoms with Gasteiger partial charge in [-0.05, 0) is 51.6 Å². The molecule has 1 unspecified atom stereocenters. The van der Waals surface area contributed by atoms with Gasteiger partial charge in [0.1, 0.15) is 13.4 Å². The van der Waals surface area contributed by atoms with Crippen LogP contribution in [0, 0.1) is 0 Å². The van der Waals surface area contributed by atoms with E-state index in [1.165, 1.54) is 5.39 Å². The molecular weight excluding hydrogens is 305 g/mol. The molecule has 1 atom stereocenters. The van der Waals surface area contributed by atoms with Crippen molar-refractivity contribution in [3.8, 4) is 0 Å². The van der Waals surface area contributed by atoms with Gasteiger partial charge in [0.05, 0.1) is 0 Å². The number of ether oxygens (including phenoxy) is 1. The molecule has 0 saturated carbocycles. The zero-order valence-electron chi connectivity index (χ0n) is 14.7. The molecule has 2 rings (SSSR count). The molecule has 2 aromatic rings. The Balaban J connectivity index is 0.000000250. The summed E-state index contributed by atoms with van der Waals surface area (Å²) in [6, 6.07) is 7.81. The number of amides is 1. The van der Waals surface area contributed by atoms with Crippen molar-refractivity contribution in [1.82, 2.24) is 15.8 Å². The van der Waals surface area contributed by atoms with Gasteiger partial charge in [-0.25, -0.2) is 10.3 Å². The molecule has 0 aliphatic heterocycles. The van der Waals surface area contributed by atoms with E-state index >= 15 is 0 Å². The molecule has 0 aliphatic rings. The van der Waals surface area contributed by atoms with Crippen molar-refractivity contribution in [3.05, 3.63) is 30.5 Å². The van der Waals surface area contributed by atoms with Gasteiger partial charge < -0.3 is 20.2 Å². The lowest BCUT2D eigenvalue weighted by molar-refractivity contribution is 0.0520. The highest BCUT2D eigenvalue weighted by Gasteiger charge is 2.15. The largest absolute Gasteiger partial charge is 0.444 e. The summed E-state index contributed by atoms with van der Waals surface area (Å²) in [5.74, 6) is 0. The number of carbonyl (C=O) groups excluding carboxylic acids is 1. The Morgan fingerprint density at radius 2 is 2.08 bits per heavy atom. The maximum Gasteiger partial charge on any atom is 0.407 e. The van der Waals surface area contributed by atoms with Crippen molar-refractivity contribution in [1.29, 1.82) is 0 Å². The standard InChI is InChI=1S/C9H20N2O3.C8H6BN/c1-7(11-13)5-6-10-8(12)14-9(2,3)4;9-7-2-1-6-3-4-10-8(6)5-7/h7,11,13H,5-6H2,1-4H3,(H,10,12);1-5,10H. The number of rotatable bonds is 4. The Morgan fingerprint density at radius 3 is 2.71 bits per heavy atom. The summed E-state index contributed by atoms with van der Waals surface area (Å²) in [5, 5.41) is 12.3. The average Bonchev–Trinajstić information content (AvgIpc) is 2.93. The van der Waals surface area contributed by atoms with Gasteiger partial charge in [0.15, 0.2) is 0 Å². The van der Waals surface area contributed by atoms with Crippen molar-refractivity contribution in [3.63, 3.8) is 0 Å². The predicted molar refractivity (Wildman–Crippen MR) is 96.9 cm³/mol. The summed E-state index contributed by atoms with van der Waals surface area (Å²) in [7, 11) is 5.56. The van der Waals surface area contributed by atoms with Gasteiger partial charge in [-0.15, -0.1) is 0 Å². The Bertz CT molecular complexity index is 637. The molecular formula is C17H26BN3O3. The van der Waals surface area contributed by atoms with Gasteiger partial charge in [0, 0.05) is 24.3 Å². The lowest BCUT2D eigenvalue weighted by Gasteiger charge is -2.20. The summed E-state index contributed by atoms with van der Waals surface area (Å²) in [4.78, 5) is 14.2. The lowest BCUT2D eigenvalue weighted by atomic mass is 9.96. The number of hydroxylamine groups is 1. The van der Waals surface area contributed by atoms with Crippen LogP contribution in [0.4, 0.5) is 4.79 Å². The van der Waals surface area contributed by atoms with Crippen molar-refractivity contribution < 1.29 is 14.7 Å². The number of aromatic amines is 1. The molecule has 0 aliphatic carbocycles. The normalized spacial score (nSPS) is 12.2. The number of carbonyl (C=O) groups is 1. The van der Waals surface area contributed by atoms with Crippen molar-refractivity contribution >= 4 is 30.3 Å². The van der Waals surface area contributed by atoms with Gasteiger partial charge in [0.2, 0.25) is 0 Å². The van der Waals surface area contributed by atoms with Crippen LogP contribution in [0.1, 0.15) is 34.1 Å². The van der Waals surface area contributed by atoms with Gasteiger partial charge in [-0.3, -0.25) is 0 Å². The molecule has 6 nitrogen and oxygen atoms in total. The van der Waals surface area contributed by atoms with Gasteiger partial charge >= 0.3 is 6.09 Å². The number of alkyl carbamates (subject to hydrolysis) is 1. The molecule has 0 fully saturated rings. The zero-order chi connectivity index (χ0) is 18.2. The molecule has 0 saturated heterocycles. The number of nitrogens with one attached hydrogen (secondary N) is 3. The van der Waals surface area contributed by atoms with Gasteiger partial charge in [-0.1, -0.05) is 17.6 Å². The molecule has 0 bridgehead atoms. The van der Waals surface area contributed by atoms with Crippen LogP contribution in [0.5, 0.6) is 0 Å². The average molecular weight is 331 g/mol. The van der Waals surface area contributed by atoms with Crippen LogP contribution < -0.4 is 16.3 Å². The first kappa shape index (κ1) is 20.1. The third kappa shape index (κ3) is 8.03. The Kier molecular flexibility index (Phi) is 7.81. The van der Waals surface area contributed by atoms with E-state index in [-0.39, 0.29) is 6.04 Å². The maximum atomic E-state index is 11.1. The number of H-pyrrole nitrogens is 1. The molecule has 1 aromatic carbocycles. The zero-order valence-corrected chi connectivity index (χ0v) is 14.7. The number of hydrogen-bond donors (Lipinski definition) is 4. The van der Waals surface area contributed by atoms with Crippen LogP contribution in [0.15, 0.2) is 30.5 Å². The summed E-state index contributed by atoms with van der Waals surface area (Å²) in [5.41, 5.74) is 3.53. The summed E-state index contributed by atoms with van der Waals surface area (Å²) < 4.78 is 5.02.